The van der Waals surface area contributed by atoms with Gasteiger partial charge in [-0.05, 0) is 35.6 Å². The van der Waals surface area contributed by atoms with Crippen LogP contribution in [0.25, 0.3) is 0 Å². The third-order valence-corrected chi connectivity index (χ3v) is 4.14. The maximum atomic E-state index is 12.0. The first-order valence-corrected chi connectivity index (χ1v) is 7.67. The summed E-state index contributed by atoms with van der Waals surface area (Å²) in [4.78, 5) is 12.0. The molecule has 2 atom stereocenters. The van der Waals surface area contributed by atoms with Crippen LogP contribution in [-0.2, 0) is 4.79 Å². The normalized spacial score (nSPS) is 20.4. The van der Waals surface area contributed by atoms with E-state index in [4.69, 9.17) is 0 Å². The molecule has 0 bridgehead atoms. The Hall–Kier alpha value is -1.94. The lowest BCUT2D eigenvalue weighted by molar-refractivity contribution is -0.122. The molecule has 0 aliphatic heterocycles. The fourth-order valence-electron chi connectivity index (χ4n) is 2.36. The minimum absolute atomic E-state index is 0.00258. The first-order chi connectivity index (χ1) is 10.2. The number of carbonyl (C=O) groups is 1. The standard InChI is InChI=1S/C17H15BrN2O/c18-14-8-6-12(7-9-14)11-19-20-17(21)16-10-15(16)13-4-2-1-3-5-13/h1-9,11,15-16H,10H2,(H,20,21)/t15-,16+/m0/s1. The fourth-order valence-corrected chi connectivity index (χ4v) is 2.62. The first-order valence-electron chi connectivity index (χ1n) is 6.87. The Kier molecular flexibility index (Phi) is 4.15. The average Bonchev–Trinajstić information content (AvgIpc) is 3.31. The minimum atomic E-state index is -0.00258. The number of hydrogen-bond donors (Lipinski definition) is 1. The Morgan fingerprint density at radius 2 is 1.86 bits per heavy atom. The summed E-state index contributed by atoms with van der Waals surface area (Å²) in [7, 11) is 0. The molecule has 1 saturated carbocycles. The van der Waals surface area contributed by atoms with Gasteiger partial charge in [-0.25, -0.2) is 5.43 Å². The monoisotopic (exact) mass is 342 g/mol. The molecule has 0 spiro atoms. The van der Waals surface area contributed by atoms with Crippen molar-refractivity contribution in [1.82, 2.24) is 5.43 Å². The van der Waals surface area contributed by atoms with Crippen LogP contribution < -0.4 is 5.43 Å². The molecule has 1 fully saturated rings. The Labute approximate surface area is 132 Å². The first kappa shape index (κ1) is 14.0. The van der Waals surface area contributed by atoms with Gasteiger partial charge in [0.05, 0.1) is 6.21 Å². The van der Waals surface area contributed by atoms with Crippen LogP contribution in [0.2, 0.25) is 0 Å². The van der Waals surface area contributed by atoms with E-state index < -0.39 is 0 Å². The van der Waals surface area contributed by atoms with Crippen molar-refractivity contribution in [3.05, 3.63) is 70.2 Å². The summed E-state index contributed by atoms with van der Waals surface area (Å²) < 4.78 is 1.02. The van der Waals surface area contributed by atoms with E-state index in [1.54, 1.807) is 6.21 Å². The zero-order valence-corrected chi connectivity index (χ0v) is 13.0. The molecule has 106 valence electrons. The highest BCUT2D eigenvalue weighted by Crippen LogP contribution is 2.47. The molecule has 3 rings (SSSR count). The topological polar surface area (TPSA) is 41.5 Å². The van der Waals surface area contributed by atoms with E-state index >= 15 is 0 Å². The van der Waals surface area contributed by atoms with Gasteiger partial charge in [-0.3, -0.25) is 4.79 Å². The molecule has 1 aliphatic carbocycles. The molecule has 4 heteroatoms. The lowest BCUT2D eigenvalue weighted by atomic mass is 10.1. The van der Waals surface area contributed by atoms with Crippen molar-refractivity contribution in [3.63, 3.8) is 0 Å². The van der Waals surface area contributed by atoms with Crippen molar-refractivity contribution in [3.8, 4) is 0 Å². The number of nitrogens with one attached hydrogen (secondary N) is 1. The van der Waals surface area contributed by atoms with E-state index in [9.17, 15) is 4.79 Å². The van der Waals surface area contributed by atoms with Gasteiger partial charge in [-0.2, -0.15) is 5.10 Å². The lowest BCUT2D eigenvalue weighted by Gasteiger charge is -2.00. The van der Waals surface area contributed by atoms with Gasteiger partial charge in [0.1, 0.15) is 0 Å². The number of halogens is 1. The zero-order valence-electron chi connectivity index (χ0n) is 11.4. The van der Waals surface area contributed by atoms with Crippen molar-refractivity contribution in [2.24, 2.45) is 11.0 Å². The molecule has 0 saturated heterocycles. The molecule has 1 amide bonds. The van der Waals surface area contributed by atoms with Gasteiger partial charge >= 0.3 is 0 Å². The molecule has 3 nitrogen and oxygen atoms in total. The van der Waals surface area contributed by atoms with Crippen LogP contribution in [0.15, 0.2) is 64.2 Å². The molecular weight excluding hydrogens is 328 g/mol. The molecule has 0 aromatic heterocycles. The summed E-state index contributed by atoms with van der Waals surface area (Å²) in [5.74, 6) is 0.390. The molecular formula is C17H15BrN2O. The lowest BCUT2D eigenvalue weighted by Crippen LogP contribution is -2.20. The van der Waals surface area contributed by atoms with Gasteiger partial charge in [0.25, 0.3) is 0 Å². The van der Waals surface area contributed by atoms with Gasteiger partial charge < -0.3 is 0 Å². The van der Waals surface area contributed by atoms with Crippen molar-refractivity contribution in [1.29, 1.82) is 0 Å². The molecule has 21 heavy (non-hydrogen) atoms. The average molecular weight is 343 g/mol. The van der Waals surface area contributed by atoms with Gasteiger partial charge in [-0.1, -0.05) is 58.4 Å². The molecule has 0 radical (unpaired) electrons. The second-order valence-corrected chi connectivity index (χ2v) is 6.06. The zero-order chi connectivity index (χ0) is 14.7. The predicted molar refractivity (Wildman–Crippen MR) is 87.2 cm³/mol. The number of rotatable bonds is 4. The Bertz CT molecular complexity index is 652. The van der Waals surface area contributed by atoms with Crippen LogP contribution in [0.1, 0.15) is 23.5 Å². The number of benzene rings is 2. The van der Waals surface area contributed by atoms with E-state index in [0.717, 1.165) is 16.5 Å². The molecule has 2 aromatic rings. The largest absolute Gasteiger partial charge is 0.273 e. The molecule has 2 aromatic carbocycles. The van der Waals surface area contributed by atoms with Crippen molar-refractivity contribution >= 4 is 28.1 Å². The Morgan fingerprint density at radius 3 is 2.57 bits per heavy atom. The summed E-state index contributed by atoms with van der Waals surface area (Å²) in [6.45, 7) is 0. The molecule has 0 unspecified atom stereocenters. The van der Waals surface area contributed by atoms with E-state index in [2.05, 4.69) is 38.6 Å². The van der Waals surface area contributed by atoms with Crippen LogP contribution in [0.3, 0.4) is 0 Å². The number of carbonyl (C=O) groups excluding carboxylic acids is 1. The van der Waals surface area contributed by atoms with E-state index in [1.807, 2.05) is 42.5 Å². The van der Waals surface area contributed by atoms with Crippen molar-refractivity contribution < 1.29 is 4.79 Å². The van der Waals surface area contributed by atoms with Crippen molar-refractivity contribution in [2.75, 3.05) is 0 Å². The molecule has 1 aliphatic rings. The van der Waals surface area contributed by atoms with E-state index in [0.29, 0.717) is 5.92 Å². The quantitative estimate of drug-likeness (QED) is 0.667. The molecule has 0 heterocycles. The van der Waals surface area contributed by atoms with Crippen molar-refractivity contribution in [2.45, 2.75) is 12.3 Å². The highest BCUT2D eigenvalue weighted by molar-refractivity contribution is 9.10. The smallest absolute Gasteiger partial charge is 0.243 e. The third kappa shape index (κ3) is 3.58. The summed E-state index contributed by atoms with van der Waals surface area (Å²) >= 11 is 3.38. The minimum Gasteiger partial charge on any atom is -0.273 e. The highest BCUT2D eigenvalue weighted by atomic mass is 79.9. The van der Waals surface area contributed by atoms with E-state index in [-0.39, 0.29) is 11.8 Å². The second kappa shape index (κ2) is 6.22. The van der Waals surface area contributed by atoms with Crippen LogP contribution in [0, 0.1) is 5.92 Å². The summed E-state index contributed by atoms with van der Waals surface area (Å²) in [5, 5.41) is 4.02. The van der Waals surface area contributed by atoms with Crippen LogP contribution >= 0.6 is 15.9 Å². The maximum Gasteiger partial charge on any atom is 0.243 e. The fraction of sp³-hybridized carbons (Fsp3) is 0.176. The van der Waals surface area contributed by atoms with Crippen LogP contribution in [0.4, 0.5) is 0 Å². The predicted octanol–water partition coefficient (Wildman–Crippen LogP) is 3.70. The number of hydrazone groups is 1. The Morgan fingerprint density at radius 1 is 1.14 bits per heavy atom. The van der Waals surface area contributed by atoms with Gasteiger partial charge in [0.15, 0.2) is 0 Å². The highest BCUT2D eigenvalue weighted by Gasteiger charge is 2.43. The second-order valence-electron chi connectivity index (χ2n) is 5.15. The molecule has 1 N–H and O–H groups in total. The number of nitrogens with zero attached hydrogens (tertiary/aromatic N) is 1. The third-order valence-electron chi connectivity index (χ3n) is 3.61. The van der Waals surface area contributed by atoms with Gasteiger partial charge in [-0.15, -0.1) is 0 Å². The number of hydrogen-bond acceptors (Lipinski definition) is 2. The Balaban J connectivity index is 1.53. The summed E-state index contributed by atoms with van der Waals surface area (Å²) in [6, 6.07) is 17.9. The van der Waals surface area contributed by atoms with Gasteiger partial charge in [0, 0.05) is 10.4 Å². The van der Waals surface area contributed by atoms with Gasteiger partial charge in [0.2, 0.25) is 5.91 Å². The van der Waals surface area contributed by atoms with Crippen LogP contribution in [-0.4, -0.2) is 12.1 Å². The summed E-state index contributed by atoms with van der Waals surface area (Å²) in [6.07, 6.45) is 2.56. The maximum absolute atomic E-state index is 12.0. The summed E-state index contributed by atoms with van der Waals surface area (Å²) in [5.41, 5.74) is 4.81. The number of amides is 1. The van der Waals surface area contributed by atoms with Crippen LogP contribution in [0.5, 0.6) is 0 Å². The SMILES string of the molecule is O=C(NN=Cc1ccc(Br)cc1)[C@@H]1C[C@H]1c1ccccc1. The van der Waals surface area contributed by atoms with E-state index in [1.165, 1.54) is 5.56 Å².